The summed E-state index contributed by atoms with van der Waals surface area (Å²) in [5, 5.41) is 12.6. The second-order valence-corrected chi connectivity index (χ2v) is 6.98. The summed E-state index contributed by atoms with van der Waals surface area (Å²) >= 11 is 0. The number of allylic oxidation sites excluding steroid dienone is 2. The van der Waals surface area contributed by atoms with E-state index in [1.165, 1.54) is 0 Å². The summed E-state index contributed by atoms with van der Waals surface area (Å²) in [4.78, 5) is 24.7. The molecule has 0 aromatic heterocycles. The predicted molar refractivity (Wildman–Crippen MR) is 88.6 cm³/mol. The fourth-order valence-electron chi connectivity index (χ4n) is 4.76. The maximum atomic E-state index is 12.9. The minimum atomic E-state index is -0.864. The van der Waals surface area contributed by atoms with Crippen LogP contribution in [-0.2, 0) is 9.59 Å². The van der Waals surface area contributed by atoms with Gasteiger partial charge in [0, 0.05) is 0 Å². The first-order chi connectivity index (χ1) is 11.6. The van der Waals surface area contributed by atoms with E-state index in [0.717, 1.165) is 12.8 Å². The number of ether oxygens (including phenoxy) is 1. The van der Waals surface area contributed by atoms with Crippen molar-refractivity contribution in [2.24, 2.45) is 29.1 Å². The average Bonchev–Trinajstić information content (AvgIpc) is 3.22. The fourth-order valence-corrected chi connectivity index (χ4v) is 4.76. The van der Waals surface area contributed by atoms with E-state index in [1.807, 2.05) is 25.1 Å². The molecular formula is C19H21NO4. The van der Waals surface area contributed by atoms with Gasteiger partial charge in [-0.15, -0.1) is 0 Å². The lowest BCUT2D eigenvalue weighted by Gasteiger charge is -2.24. The standard InChI is InChI=1S/C19H21NO4/c1-2-24-14-6-4-3-5-13(14)20-17(21)15-11-7-8-12(16(15)18(22)23)19(11)9-10-19/h3-8,11-12,15-16H,2,9-10H2,1H3,(H,20,21)(H,22,23). The zero-order valence-corrected chi connectivity index (χ0v) is 13.6. The molecule has 1 aromatic rings. The van der Waals surface area contributed by atoms with Crippen LogP contribution in [0.25, 0.3) is 0 Å². The average molecular weight is 327 g/mol. The number of carboxylic acids is 1. The Labute approximate surface area is 140 Å². The van der Waals surface area contributed by atoms with Crippen LogP contribution in [0.5, 0.6) is 5.75 Å². The van der Waals surface area contributed by atoms with E-state index >= 15 is 0 Å². The Kier molecular flexibility index (Phi) is 3.41. The topological polar surface area (TPSA) is 75.6 Å². The number of nitrogens with one attached hydrogen (secondary N) is 1. The molecular weight excluding hydrogens is 306 g/mol. The van der Waals surface area contributed by atoms with Gasteiger partial charge in [0.1, 0.15) is 5.75 Å². The van der Waals surface area contributed by atoms with Gasteiger partial charge in [-0.1, -0.05) is 24.3 Å². The molecule has 126 valence electrons. The molecule has 0 aliphatic heterocycles. The number of rotatable bonds is 5. The van der Waals surface area contributed by atoms with Gasteiger partial charge in [0.25, 0.3) is 0 Å². The second-order valence-electron chi connectivity index (χ2n) is 6.98. The van der Waals surface area contributed by atoms with Crippen molar-refractivity contribution in [2.75, 3.05) is 11.9 Å². The Morgan fingerprint density at radius 1 is 1.21 bits per heavy atom. The quantitative estimate of drug-likeness (QED) is 0.815. The molecule has 3 aliphatic carbocycles. The third-order valence-electron chi connectivity index (χ3n) is 5.87. The van der Waals surface area contributed by atoms with E-state index in [-0.39, 0.29) is 23.2 Å². The van der Waals surface area contributed by atoms with Gasteiger partial charge in [-0.25, -0.2) is 0 Å². The Morgan fingerprint density at radius 2 is 1.88 bits per heavy atom. The van der Waals surface area contributed by atoms with Crippen LogP contribution in [-0.4, -0.2) is 23.6 Å². The molecule has 4 atom stereocenters. The molecule has 4 unspecified atom stereocenters. The highest BCUT2D eigenvalue weighted by Crippen LogP contribution is 2.72. The Balaban J connectivity index is 1.61. The van der Waals surface area contributed by atoms with E-state index in [1.54, 1.807) is 12.1 Å². The number of carbonyl (C=O) groups excluding carboxylic acids is 1. The summed E-state index contributed by atoms with van der Waals surface area (Å²) < 4.78 is 5.55. The minimum absolute atomic E-state index is 0.00196. The number of hydrogen-bond acceptors (Lipinski definition) is 3. The van der Waals surface area contributed by atoms with Crippen molar-refractivity contribution in [2.45, 2.75) is 19.8 Å². The molecule has 1 aromatic carbocycles. The highest BCUT2D eigenvalue weighted by molar-refractivity contribution is 5.97. The molecule has 2 bridgehead atoms. The summed E-state index contributed by atoms with van der Waals surface area (Å²) in [5.74, 6) is -1.55. The lowest BCUT2D eigenvalue weighted by Crippen LogP contribution is -2.36. The van der Waals surface area contributed by atoms with Crippen LogP contribution in [0.15, 0.2) is 36.4 Å². The number of amides is 1. The van der Waals surface area contributed by atoms with Gasteiger partial charge in [-0.3, -0.25) is 9.59 Å². The SMILES string of the molecule is CCOc1ccccc1NC(=O)C1C(C(=O)O)C2C=CC1C21CC1. The minimum Gasteiger partial charge on any atom is -0.492 e. The first kappa shape index (κ1) is 15.2. The van der Waals surface area contributed by atoms with E-state index in [4.69, 9.17) is 4.74 Å². The first-order valence-corrected chi connectivity index (χ1v) is 8.52. The molecule has 1 amide bonds. The van der Waals surface area contributed by atoms with E-state index < -0.39 is 17.8 Å². The molecule has 2 N–H and O–H groups in total. The van der Waals surface area contributed by atoms with Gasteiger partial charge in [0.15, 0.2) is 0 Å². The lowest BCUT2D eigenvalue weighted by atomic mass is 9.82. The van der Waals surface area contributed by atoms with Gasteiger partial charge in [0.05, 0.1) is 24.1 Å². The molecule has 3 aliphatic rings. The number of hydrogen-bond donors (Lipinski definition) is 2. The van der Waals surface area contributed by atoms with Crippen LogP contribution in [0.2, 0.25) is 0 Å². The third-order valence-corrected chi connectivity index (χ3v) is 5.87. The van der Waals surface area contributed by atoms with Crippen molar-refractivity contribution >= 4 is 17.6 Å². The predicted octanol–water partition coefficient (Wildman–Crippen LogP) is 2.94. The second kappa shape index (κ2) is 5.36. The molecule has 5 nitrogen and oxygen atoms in total. The van der Waals surface area contributed by atoms with Crippen molar-refractivity contribution in [3.05, 3.63) is 36.4 Å². The number of aliphatic carboxylic acids is 1. The van der Waals surface area contributed by atoms with Gasteiger partial charge in [-0.05, 0) is 49.1 Å². The number of benzene rings is 1. The van der Waals surface area contributed by atoms with Crippen molar-refractivity contribution in [3.63, 3.8) is 0 Å². The first-order valence-electron chi connectivity index (χ1n) is 8.52. The fraction of sp³-hybridized carbons (Fsp3) is 0.474. The van der Waals surface area contributed by atoms with Crippen molar-refractivity contribution < 1.29 is 19.4 Å². The van der Waals surface area contributed by atoms with Gasteiger partial charge >= 0.3 is 5.97 Å². The molecule has 0 heterocycles. The van der Waals surface area contributed by atoms with Crippen LogP contribution >= 0.6 is 0 Å². The summed E-state index contributed by atoms with van der Waals surface area (Å²) in [6.07, 6.45) is 6.14. The number of anilines is 1. The zero-order chi connectivity index (χ0) is 16.9. The lowest BCUT2D eigenvalue weighted by molar-refractivity contribution is -0.146. The summed E-state index contributed by atoms with van der Waals surface area (Å²) in [5.41, 5.74) is 0.634. The maximum Gasteiger partial charge on any atom is 0.307 e. The van der Waals surface area contributed by atoms with Crippen LogP contribution in [0.4, 0.5) is 5.69 Å². The van der Waals surface area contributed by atoms with Crippen LogP contribution in [0, 0.1) is 29.1 Å². The van der Waals surface area contributed by atoms with Crippen molar-refractivity contribution in [1.82, 2.24) is 0 Å². The van der Waals surface area contributed by atoms with E-state index in [0.29, 0.717) is 18.0 Å². The smallest absolute Gasteiger partial charge is 0.307 e. The largest absolute Gasteiger partial charge is 0.492 e. The summed E-state index contributed by atoms with van der Waals surface area (Å²) in [6, 6.07) is 7.27. The molecule has 5 heteroatoms. The molecule has 0 saturated heterocycles. The van der Waals surface area contributed by atoms with Gasteiger partial charge in [-0.2, -0.15) is 0 Å². The Hall–Kier alpha value is -2.30. The number of carbonyl (C=O) groups is 2. The maximum absolute atomic E-state index is 12.9. The van der Waals surface area contributed by atoms with Crippen LogP contribution in [0.1, 0.15) is 19.8 Å². The highest BCUT2D eigenvalue weighted by atomic mass is 16.5. The van der Waals surface area contributed by atoms with Crippen LogP contribution < -0.4 is 10.1 Å². The van der Waals surface area contributed by atoms with Crippen molar-refractivity contribution in [1.29, 1.82) is 0 Å². The highest BCUT2D eigenvalue weighted by Gasteiger charge is 2.70. The van der Waals surface area contributed by atoms with Gasteiger partial charge < -0.3 is 15.2 Å². The van der Waals surface area contributed by atoms with Gasteiger partial charge in [0.2, 0.25) is 5.91 Å². The summed E-state index contributed by atoms with van der Waals surface area (Å²) in [7, 11) is 0. The molecule has 1 spiro atoms. The zero-order valence-electron chi connectivity index (χ0n) is 13.6. The monoisotopic (exact) mass is 327 g/mol. The van der Waals surface area contributed by atoms with Crippen LogP contribution in [0.3, 0.4) is 0 Å². The third kappa shape index (κ3) is 2.07. The number of carboxylic acid groups (broad SMARTS) is 1. The summed E-state index contributed by atoms with van der Waals surface area (Å²) in [6.45, 7) is 2.39. The van der Waals surface area contributed by atoms with E-state index in [9.17, 15) is 14.7 Å². The van der Waals surface area contributed by atoms with E-state index in [2.05, 4.69) is 11.4 Å². The Morgan fingerprint density at radius 3 is 2.50 bits per heavy atom. The normalized spacial score (nSPS) is 31.2. The van der Waals surface area contributed by atoms with Crippen molar-refractivity contribution in [3.8, 4) is 5.75 Å². The molecule has 2 fully saturated rings. The molecule has 4 rings (SSSR count). The molecule has 2 saturated carbocycles. The number of para-hydroxylation sites is 2. The molecule has 0 radical (unpaired) electrons. The Bertz CT molecular complexity index is 722. The molecule has 24 heavy (non-hydrogen) atoms.